The molecule has 2 aliphatic heterocycles. The third-order valence-electron chi connectivity index (χ3n) is 7.27. The number of aromatic nitrogens is 3. The Morgan fingerprint density at radius 1 is 1.09 bits per heavy atom. The molecule has 1 aromatic carbocycles. The van der Waals surface area contributed by atoms with Gasteiger partial charge in [0.2, 0.25) is 11.8 Å². The maximum absolute atomic E-state index is 13.0. The summed E-state index contributed by atoms with van der Waals surface area (Å²) >= 11 is 0. The van der Waals surface area contributed by atoms with Gasteiger partial charge in [0.05, 0.1) is 18.7 Å². The van der Waals surface area contributed by atoms with Crippen LogP contribution < -0.4 is 5.56 Å². The van der Waals surface area contributed by atoms with Gasteiger partial charge in [0.25, 0.3) is 5.56 Å². The highest BCUT2D eigenvalue weighted by molar-refractivity contribution is 5.89. The van der Waals surface area contributed by atoms with E-state index in [9.17, 15) is 14.4 Å². The molecule has 1 unspecified atom stereocenters. The van der Waals surface area contributed by atoms with Gasteiger partial charge >= 0.3 is 0 Å². The second kappa shape index (κ2) is 7.86. The van der Waals surface area contributed by atoms with E-state index < -0.39 is 0 Å². The molecule has 4 heterocycles. The molecule has 33 heavy (non-hydrogen) atoms. The zero-order valence-corrected chi connectivity index (χ0v) is 18.5. The lowest BCUT2D eigenvalue weighted by Gasteiger charge is -2.28. The van der Waals surface area contributed by atoms with E-state index in [2.05, 4.69) is 9.97 Å². The van der Waals surface area contributed by atoms with E-state index in [1.54, 1.807) is 0 Å². The smallest absolute Gasteiger partial charge is 0.254 e. The van der Waals surface area contributed by atoms with Crippen LogP contribution in [0, 0.1) is 5.92 Å². The average Bonchev–Trinajstić information content (AvgIpc) is 3.42. The predicted octanol–water partition coefficient (Wildman–Crippen LogP) is 2.10. The van der Waals surface area contributed by atoms with E-state index in [4.69, 9.17) is 4.98 Å². The fraction of sp³-hybridized carbons (Fsp3) is 0.440. The Balaban J connectivity index is 1.16. The number of hydrogen-bond acceptors (Lipinski definition) is 4. The van der Waals surface area contributed by atoms with E-state index >= 15 is 0 Å². The van der Waals surface area contributed by atoms with Crippen LogP contribution in [0.25, 0.3) is 10.9 Å². The summed E-state index contributed by atoms with van der Waals surface area (Å²) < 4.78 is 0. The summed E-state index contributed by atoms with van der Waals surface area (Å²) in [5.41, 5.74) is 3.35. The number of H-pyrrole nitrogens is 2. The number of carbonyl (C=O) groups is 2. The first-order valence-electron chi connectivity index (χ1n) is 11.8. The van der Waals surface area contributed by atoms with E-state index in [1.807, 2.05) is 40.3 Å². The minimum Gasteiger partial charge on any atom is -0.361 e. The minimum absolute atomic E-state index is 0.00410. The van der Waals surface area contributed by atoms with Gasteiger partial charge < -0.3 is 19.8 Å². The van der Waals surface area contributed by atoms with Crippen molar-refractivity contribution in [3.05, 3.63) is 63.5 Å². The van der Waals surface area contributed by atoms with Crippen molar-refractivity contribution in [2.24, 2.45) is 5.92 Å². The summed E-state index contributed by atoms with van der Waals surface area (Å²) in [6, 6.07) is 7.99. The number of para-hydroxylation sites is 1. The first-order valence-corrected chi connectivity index (χ1v) is 11.8. The van der Waals surface area contributed by atoms with Crippen molar-refractivity contribution < 1.29 is 9.59 Å². The average molecular weight is 446 g/mol. The zero-order chi connectivity index (χ0) is 22.5. The van der Waals surface area contributed by atoms with Gasteiger partial charge in [-0.3, -0.25) is 14.4 Å². The number of fused-ring (bicyclic) bond motifs is 2. The highest BCUT2D eigenvalue weighted by Gasteiger charge is 2.36. The fourth-order valence-electron chi connectivity index (χ4n) is 5.19. The van der Waals surface area contributed by atoms with Crippen molar-refractivity contribution in [2.75, 3.05) is 19.6 Å². The molecule has 170 valence electrons. The molecule has 1 saturated heterocycles. The number of likely N-dealkylation sites (tertiary alicyclic amines) is 1. The monoisotopic (exact) mass is 445 g/mol. The lowest BCUT2D eigenvalue weighted by molar-refractivity contribution is -0.133. The molecule has 3 aliphatic rings. The quantitative estimate of drug-likeness (QED) is 0.642. The molecule has 8 nitrogen and oxygen atoms in total. The Labute approximate surface area is 191 Å². The topological polar surface area (TPSA) is 102 Å². The van der Waals surface area contributed by atoms with Crippen LogP contribution in [-0.2, 0) is 29.0 Å². The lowest BCUT2D eigenvalue weighted by atomic mass is 10.0. The number of amides is 2. The second-order valence-corrected chi connectivity index (χ2v) is 9.52. The fourth-order valence-corrected chi connectivity index (χ4v) is 5.19. The van der Waals surface area contributed by atoms with Gasteiger partial charge in [0, 0.05) is 54.1 Å². The molecule has 6 rings (SSSR count). The molecule has 3 aromatic rings. The summed E-state index contributed by atoms with van der Waals surface area (Å²) in [5, 5.41) is 1.08. The summed E-state index contributed by atoms with van der Waals surface area (Å²) in [6.07, 6.45) is 5.53. The standard InChI is InChI=1S/C25H27N5O3/c31-22(11-17-12-26-20-4-2-1-3-18(17)20)29-9-7-16(13-29)23-27-21-14-30(25(33)15-5-6-15)10-8-19(21)24(32)28-23/h1-4,12,15-16,26H,5-11,13-14H2,(H,27,28,32). The number of nitrogens with zero attached hydrogens (tertiary/aromatic N) is 3. The van der Waals surface area contributed by atoms with Gasteiger partial charge in [-0.15, -0.1) is 0 Å². The molecule has 2 amide bonds. The van der Waals surface area contributed by atoms with Crippen LogP contribution >= 0.6 is 0 Å². The van der Waals surface area contributed by atoms with Crippen molar-refractivity contribution in [2.45, 2.75) is 44.6 Å². The summed E-state index contributed by atoms with van der Waals surface area (Å²) in [6.45, 7) is 2.20. The largest absolute Gasteiger partial charge is 0.361 e. The molecule has 8 heteroatoms. The molecule has 2 N–H and O–H groups in total. The molecule has 2 aromatic heterocycles. The van der Waals surface area contributed by atoms with Gasteiger partial charge in [-0.1, -0.05) is 18.2 Å². The van der Waals surface area contributed by atoms with Gasteiger partial charge in [-0.25, -0.2) is 4.98 Å². The Morgan fingerprint density at radius 2 is 1.94 bits per heavy atom. The Hall–Kier alpha value is -3.42. The Bertz CT molecular complexity index is 1300. The van der Waals surface area contributed by atoms with E-state index in [0.717, 1.165) is 41.4 Å². The zero-order valence-electron chi connectivity index (χ0n) is 18.5. The molecular weight excluding hydrogens is 418 g/mol. The number of hydrogen-bond donors (Lipinski definition) is 2. The maximum atomic E-state index is 13.0. The van der Waals surface area contributed by atoms with Crippen LogP contribution in [0.4, 0.5) is 0 Å². The van der Waals surface area contributed by atoms with Gasteiger partial charge in [-0.2, -0.15) is 0 Å². The first-order chi connectivity index (χ1) is 16.1. The molecule has 0 bridgehead atoms. The van der Waals surface area contributed by atoms with Crippen molar-refractivity contribution >= 4 is 22.7 Å². The number of aromatic amines is 2. The SMILES string of the molecule is O=C(Cc1c[nH]c2ccccc12)N1CCC(c2nc3c(c(=O)[nH]2)CCN(C(=O)C2CC2)C3)C1. The third-order valence-corrected chi connectivity index (χ3v) is 7.27. The highest BCUT2D eigenvalue weighted by Crippen LogP contribution is 2.33. The van der Waals surface area contributed by atoms with Crippen LogP contribution in [0.15, 0.2) is 35.3 Å². The van der Waals surface area contributed by atoms with Crippen molar-refractivity contribution in [3.63, 3.8) is 0 Å². The van der Waals surface area contributed by atoms with Crippen LogP contribution in [-0.4, -0.2) is 56.2 Å². The molecule has 1 aliphatic carbocycles. The lowest BCUT2D eigenvalue weighted by Crippen LogP contribution is -2.40. The van der Waals surface area contributed by atoms with Crippen LogP contribution in [0.3, 0.4) is 0 Å². The maximum Gasteiger partial charge on any atom is 0.254 e. The Kier molecular flexibility index (Phi) is 4.81. The van der Waals surface area contributed by atoms with Gasteiger partial charge in [-0.05, 0) is 37.3 Å². The minimum atomic E-state index is -0.0999. The normalized spacial score (nSPS) is 20.3. The summed E-state index contributed by atoms with van der Waals surface area (Å²) in [4.78, 5) is 52.9. The van der Waals surface area contributed by atoms with E-state index in [-0.39, 0.29) is 29.2 Å². The summed E-state index contributed by atoms with van der Waals surface area (Å²) in [5.74, 6) is 1.09. The van der Waals surface area contributed by atoms with Crippen LogP contribution in [0.1, 0.15) is 47.8 Å². The number of nitrogens with one attached hydrogen (secondary N) is 2. The Morgan fingerprint density at radius 3 is 2.79 bits per heavy atom. The molecule has 2 fully saturated rings. The van der Waals surface area contributed by atoms with Gasteiger partial charge in [0.15, 0.2) is 0 Å². The third kappa shape index (κ3) is 3.73. The number of benzene rings is 1. The molecule has 0 radical (unpaired) electrons. The van der Waals surface area contributed by atoms with Crippen molar-refractivity contribution in [1.82, 2.24) is 24.8 Å². The molecule has 0 spiro atoms. The van der Waals surface area contributed by atoms with E-state index in [0.29, 0.717) is 50.4 Å². The molecule has 1 atom stereocenters. The first kappa shape index (κ1) is 20.2. The summed E-state index contributed by atoms with van der Waals surface area (Å²) in [7, 11) is 0. The van der Waals surface area contributed by atoms with Crippen LogP contribution in [0.5, 0.6) is 0 Å². The highest BCUT2D eigenvalue weighted by atomic mass is 16.2. The molecular formula is C25H27N5O3. The number of carbonyl (C=O) groups excluding carboxylic acids is 2. The number of rotatable bonds is 4. The van der Waals surface area contributed by atoms with Crippen molar-refractivity contribution in [1.29, 1.82) is 0 Å². The predicted molar refractivity (Wildman–Crippen MR) is 123 cm³/mol. The molecule has 1 saturated carbocycles. The van der Waals surface area contributed by atoms with Gasteiger partial charge in [0.1, 0.15) is 5.82 Å². The van der Waals surface area contributed by atoms with E-state index in [1.165, 1.54) is 0 Å². The second-order valence-electron chi connectivity index (χ2n) is 9.52. The van der Waals surface area contributed by atoms with Crippen molar-refractivity contribution in [3.8, 4) is 0 Å². The van der Waals surface area contributed by atoms with Crippen LogP contribution in [0.2, 0.25) is 0 Å².